The minimum Gasteiger partial charge on any atom is -0.508 e. The fourth-order valence-electron chi connectivity index (χ4n) is 3.58. The lowest BCUT2D eigenvalue weighted by molar-refractivity contribution is 0.240. The summed E-state index contributed by atoms with van der Waals surface area (Å²) in [5.41, 5.74) is 1.43. The third-order valence-corrected chi connectivity index (χ3v) is 6.98. The summed E-state index contributed by atoms with van der Waals surface area (Å²) in [4.78, 5) is 0.205. The van der Waals surface area contributed by atoms with Crippen molar-refractivity contribution >= 4 is 10.0 Å². The number of piperidine rings is 1. The van der Waals surface area contributed by atoms with Crippen LogP contribution in [0.5, 0.6) is 5.75 Å². The van der Waals surface area contributed by atoms with Gasteiger partial charge in [-0.15, -0.1) is 0 Å². The van der Waals surface area contributed by atoms with Gasteiger partial charge in [0, 0.05) is 12.6 Å². The number of hydrogen-bond donors (Lipinski definition) is 1. The standard InChI is InChI=1S/C18H24N2O4S/c1-13-18(14(2)24-19-13)25(22,23)20-11-4-3-7-16(20)10-9-15-6-5-8-17(21)12-15/h5-6,8,12,16,21H,3-4,7,9-11H2,1-2H3. The summed E-state index contributed by atoms with van der Waals surface area (Å²) >= 11 is 0. The van der Waals surface area contributed by atoms with E-state index in [1.54, 1.807) is 30.3 Å². The molecule has 136 valence electrons. The molecule has 6 nitrogen and oxygen atoms in total. The molecule has 0 saturated carbocycles. The van der Waals surface area contributed by atoms with Crippen LogP contribution in [-0.4, -0.2) is 35.6 Å². The fourth-order valence-corrected chi connectivity index (χ4v) is 5.60. The summed E-state index contributed by atoms with van der Waals surface area (Å²) in [5.74, 6) is 0.580. The van der Waals surface area contributed by atoms with Gasteiger partial charge in [0.15, 0.2) is 5.76 Å². The Hall–Kier alpha value is -1.86. The van der Waals surface area contributed by atoms with Gasteiger partial charge >= 0.3 is 0 Å². The lowest BCUT2D eigenvalue weighted by Gasteiger charge is -2.34. The van der Waals surface area contributed by atoms with Gasteiger partial charge in [0.25, 0.3) is 0 Å². The maximum Gasteiger partial charge on any atom is 0.248 e. The predicted molar refractivity (Wildman–Crippen MR) is 93.9 cm³/mol. The Morgan fingerprint density at radius 1 is 1.32 bits per heavy atom. The zero-order valence-electron chi connectivity index (χ0n) is 14.6. The van der Waals surface area contributed by atoms with Crippen LogP contribution in [0.25, 0.3) is 0 Å². The van der Waals surface area contributed by atoms with E-state index in [2.05, 4.69) is 5.16 Å². The normalized spacial score (nSPS) is 19.2. The highest BCUT2D eigenvalue weighted by molar-refractivity contribution is 7.89. The predicted octanol–water partition coefficient (Wildman–Crippen LogP) is 3.17. The van der Waals surface area contributed by atoms with Crippen molar-refractivity contribution in [2.45, 2.75) is 56.9 Å². The van der Waals surface area contributed by atoms with Gasteiger partial charge in [-0.1, -0.05) is 23.7 Å². The van der Waals surface area contributed by atoms with Crippen LogP contribution in [0.2, 0.25) is 0 Å². The molecule has 0 aliphatic carbocycles. The number of phenolic OH excluding ortho intramolecular Hbond substituents is 1. The van der Waals surface area contributed by atoms with Crippen LogP contribution >= 0.6 is 0 Å². The minimum atomic E-state index is -3.61. The van der Waals surface area contributed by atoms with Crippen molar-refractivity contribution < 1.29 is 18.0 Å². The van der Waals surface area contributed by atoms with Crippen molar-refractivity contribution in [3.63, 3.8) is 0 Å². The summed E-state index contributed by atoms with van der Waals surface area (Å²) in [6, 6.07) is 7.09. The van der Waals surface area contributed by atoms with Crippen molar-refractivity contribution in [2.24, 2.45) is 0 Å². The number of hydrogen-bond acceptors (Lipinski definition) is 5. The van der Waals surface area contributed by atoms with Crippen LogP contribution in [0.15, 0.2) is 33.7 Å². The van der Waals surface area contributed by atoms with E-state index >= 15 is 0 Å². The molecule has 3 rings (SSSR count). The molecule has 25 heavy (non-hydrogen) atoms. The Morgan fingerprint density at radius 3 is 2.80 bits per heavy atom. The molecule has 1 aromatic carbocycles. The molecular formula is C18H24N2O4S. The summed E-state index contributed by atoms with van der Waals surface area (Å²) in [6.45, 7) is 3.82. The molecule has 1 saturated heterocycles. The van der Waals surface area contributed by atoms with Gasteiger partial charge in [-0.2, -0.15) is 4.31 Å². The number of rotatable bonds is 5. The monoisotopic (exact) mass is 364 g/mol. The zero-order valence-corrected chi connectivity index (χ0v) is 15.4. The summed E-state index contributed by atoms with van der Waals surface area (Å²) in [5, 5.41) is 13.4. The molecule has 2 heterocycles. The topological polar surface area (TPSA) is 83.6 Å². The highest BCUT2D eigenvalue weighted by Gasteiger charge is 2.36. The molecule has 1 aliphatic heterocycles. The van der Waals surface area contributed by atoms with Crippen LogP contribution < -0.4 is 0 Å². The van der Waals surface area contributed by atoms with Gasteiger partial charge in [-0.25, -0.2) is 8.42 Å². The highest BCUT2D eigenvalue weighted by Crippen LogP contribution is 2.31. The number of sulfonamides is 1. The lowest BCUT2D eigenvalue weighted by Crippen LogP contribution is -2.44. The molecule has 1 aliphatic rings. The first-order chi connectivity index (χ1) is 11.9. The van der Waals surface area contributed by atoms with Gasteiger partial charge in [0.1, 0.15) is 16.3 Å². The van der Waals surface area contributed by atoms with E-state index in [1.165, 1.54) is 0 Å². The van der Waals surface area contributed by atoms with Crippen LogP contribution in [0, 0.1) is 13.8 Å². The van der Waals surface area contributed by atoms with Crippen molar-refractivity contribution in [3.8, 4) is 5.75 Å². The van der Waals surface area contributed by atoms with Gasteiger partial charge in [-0.05, 0) is 57.2 Å². The second-order valence-electron chi connectivity index (χ2n) is 6.63. The maximum absolute atomic E-state index is 13.2. The Balaban J connectivity index is 1.81. The largest absolute Gasteiger partial charge is 0.508 e. The Bertz CT molecular complexity index is 825. The van der Waals surface area contributed by atoms with Crippen LogP contribution in [0.3, 0.4) is 0 Å². The molecule has 2 aromatic rings. The average Bonchev–Trinajstić information content (AvgIpc) is 2.92. The molecule has 0 radical (unpaired) electrons. The molecule has 1 aromatic heterocycles. The Morgan fingerprint density at radius 2 is 2.12 bits per heavy atom. The molecule has 1 atom stereocenters. The van der Waals surface area contributed by atoms with Crippen LogP contribution in [0.1, 0.15) is 42.7 Å². The molecule has 1 N–H and O–H groups in total. The van der Waals surface area contributed by atoms with E-state index in [4.69, 9.17) is 4.52 Å². The highest BCUT2D eigenvalue weighted by atomic mass is 32.2. The minimum absolute atomic E-state index is 0.0465. The second kappa shape index (κ2) is 7.17. The smallest absolute Gasteiger partial charge is 0.248 e. The Kier molecular flexibility index (Phi) is 5.15. The molecule has 1 unspecified atom stereocenters. The third kappa shape index (κ3) is 3.72. The third-order valence-electron chi connectivity index (χ3n) is 4.78. The number of benzene rings is 1. The molecular weight excluding hydrogens is 340 g/mol. The second-order valence-corrected chi connectivity index (χ2v) is 8.45. The van der Waals surface area contributed by atoms with Crippen molar-refractivity contribution in [3.05, 3.63) is 41.3 Å². The average molecular weight is 364 g/mol. The van der Waals surface area contributed by atoms with E-state index in [0.717, 1.165) is 37.7 Å². The molecule has 0 bridgehead atoms. The van der Waals surface area contributed by atoms with E-state index in [9.17, 15) is 13.5 Å². The number of phenols is 1. The van der Waals surface area contributed by atoms with Crippen molar-refractivity contribution in [2.75, 3.05) is 6.54 Å². The first kappa shape index (κ1) is 17.9. The van der Waals surface area contributed by atoms with Gasteiger partial charge in [-0.3, -0.25) is 0 Å². The van der Waals surface area contributed by atoms with E-state index in [1.807, 2.05) is 12.1 Å². The maximum atomic E-state index is 13.2. The molecule has 1 fully saturated rings. The van der Waals surface area contributed by atoms with Crippen LogP contribution in [-0.2, 0) is 16.4 Å². The summed E-state index contributed by atoms with van der Waals surface area (Å²) < 4.78 is 33.0. The summed E-state index contributed by atoms with van der Waals surface area (Å²) in [7, 11) is -3.61. The SMILES string of the molecule is Cc1noc(C)c1S(=O)(=O)N1CCCCC1CCc1cccc(O)c1. The first-order valence-electron chi connectivity index (χ1n) is 8.62. The van der Waals surface area contributed by atoms with E-state index in [-0.39, 0.29) is 16.7 Å². The quantitative estimate of drug-likeness (QED) is 0.881. The van der Waals surface area contributed by atoms with Gasteiger partial charge < -0.3 is 9.63 Å². The zero-order chi connectivity index (χ0) is 18.0. The Labute approximate surface area is 148 Å². The van der Waals surface area contributed by atoms with Crippen molar-refractivity contribution in [1.29, 1.82) is 0 Å². The molecule has 0 spiro atoms. The number of aromatic nitrogens is 1. The molecule has 0 amide bonds. The van der Waals surface area contributed by atoms with E-state index < -0.39 is 10.0 Å². The number of aromatic hydroxyl groups is 1. The van der Waals surface area contributed by atoms with E-state index in [0.29, 0.717) is 18.0 Å². The van der Waals surface area contributed by atoms with Gasteiger partial charge in [0.05, 0.1) is 0 Å². The van der Waals surface area contributed by atoms with Crippen LogP contribution in [0.4, 0.5) is 0 Å². The lowest BCUT2D eigenvalue weighted by atomic mass is 9.98. The first-order valence-corrected chi connectivity index (χ1v) is 10.1. The summed E-state index contributed by atoms with van der Waals surface area (Å²) in [6.07, 6.45) is 4.20. The fraction of sp³-hybridized carbons (Fsp3) is 0.500. The van der Waals surface area contributed by atoms with Crippen molar-refractivity contribution in [1.82, 2.24) is 9.46 Å². The molecule has 7 heteroatoms. The van der Waals surface area contributed by atoms with Gasteiger partial charge in [0.2, 0.25) is 10.0 Å². The number of nitrogens with zero attached hydrogens (tertiary/aromatic N) is 2. The number of aryl methyl sites for hydroxylation is 3.